The monoisotopic (exact) mass is 383 g/mol. The van der Waals surface area contributed by atoms with Crippen LogP contribution in [0.3, 0.4) is 0 Å². The van der Waals surface area contributed by atoms with Gasteiger partial charge in [0.15, 0.2) is 5.82 Å². The van der Waals surface area contributed by atoms with Crippen molar-refractivity contribution < 1.29 is 23.7 Å². The van der Waals surface area contributed by atoms with Gasteiger partial charge in [-0.2, -0.15) is 0 Å². The Morgan fingerprint density at radius 3 is 2.89 bits per heavy atom. The highest BCUT2D eigenvalue weighted by Crippen LogP contribution is 2.28. The minimum absolute atomic E-state index is 0.211. The number of hydrogen-bond acceptors (Lipinski definition) is 6. The Morgan fingerprint density at radius 2 is 2.14 bits per heavy atom. The smallest absolute Gasteiger partial charge is 0.320 e. The third-order valence-electron chi connectivity index (χ3n) is 4.73. The SMILES string of the molecule is O=C1CCC(N2Cc3ccc(CNC(=O)Nc4ccon4)cc3C2=O)C(=O)N1. The number of rotatable bonds is 4. The molecule has 1 atom stereocenters. The molecule has 4 rings (SSSR count). The van der Waals surface area contributed by atoms with Crippen molar-refractivity contribution in [2.24, 2.45) is 0 Å². The van der Waals surface area contributed by atoms with E-state index in [1.54, 1.807) is 6.07 Å². The van der Waals surface area contributed by atoms with Crippen LogP contribution in [-0.2, 0) is 22.7 Å². The number of carbonyl (C=O) groups is 4. The van der Waals surface area contributed by atoms with Gasteiger partial charge in [-0.1, -0.05) is 17.3 Å². The summed E-state index contributed by atoms with van der Waals surface area (Å²) in [6.07, 6.45) is 1.88. The van der Waals surface area contributed by atoms with E-state index < -0.39 is 18.0 Å². The summed E-state index contributed by atoms with van der Waals surface area (Å²) in [6, 6.07) is 5.75. The van der Waals surface area contributed by atoms with Crippen LogP contribution in [0.2, 0.25) is 0 Å². The number of hydrogen-bond donors (Lipinski definition) is 3. The molecule has 2 aromatic rings. The van der Waals surface area contributed by atoms with Gasteiger partial charge in [0.25, 0.3) is 5.91 Å². The van der Waals surface area contributed by atoms with Crippen LogP contribution in [0.25, 0.3) is 0 Å². The fourth-order valence-electron chi connectivity index (χ4n) is 3.33. The molecule has 0 spiro atoms. The maximum Gasteiger partial charge on any atom is 0.320 e. The fraction of sp³-hybridized carbons (Fsp3) is 0.278. The normalized spacial score (nSPS) is 18.6. The van der Waals surface area contributed by atoms with Gasteiger partial charge in [-0.05, 0) is 23.6 Å². The summed E-state index contributed by atoms with van der Waals surface area (Å²) in [6.45, 7) is 0.531. The number of urea groups is 1. The molecule has 3 N–H and O–H groups in total. The first-order valence-corrected chi connectivity index (χ1v) is 8.73. The number of nitrogens with one attached hydrogen (secondary N) is 3. The predicted octanol–water partition coefficient (Wildman–Crippen LogP) is 0.757. The van der Waals surface area contributed by atoms with Crippen molar-refractivity contribution in [2.75, 3.05) is 5.32 Å². The van der Waals surface area contributed by atoms with Crippen LogP contribution in [0.15, 0.2) is 35.1 Å². The number of anilines is 1. The second kappa shape index (κ2) is 7.14. The molecule has 0 saturated carbocycles. The van der Waals surface area contributed by atoms with Crippen molar-refractivity contribution in [1.82, 2.24) is 20.7 Å². The molecule has 0 aliphatic carbocycles. The number of imide groups is 1. The predicted molar refractivity (Wildman–Crippen MR) is 94.8 cm³/mol. The van der Waals surface area contributed by atoms with Gasteiger partial charge in [0.1, 0.15) is 12.3 Å². The lowest BCUT2D eigenvalue weighted by atomic mass is 10.0. The first-order chi connectivity index (χ1) is 13.5. The van der Waals surface area contributed by atoms with Crippen molar-refractivity contribution >= 4 is 29.6 Å². The van der Waals surface area contributed by atoms with Crippen LogP contribution in [0.5, 0.6) is 0 Å². The minimum atomic E-state index is -0.646. The second-order valence-corrected chi connectivity index (χ2v) is 6.58. The number of aromatic nitrogens is 1. The number of fused-ring (bicyclic) bond motifs is 1. The van der Waals surface area contributed by atoms with Crippen LogP contribution in [0, 0.1) is 0 Å². The minimum Gasteiger partial charge on any atom is -0.363 e. The van der Waals surface area contributed by atoms with E-state index in [0.717, 1.165) is 11.1 Å². The molecule has 144 valence electrons. The first kappa shape index (κ1) is 17.7. The number of carbonyl (C=O) groups excluding carboxylic acids is 4. The van der Waals surface area contributed by atoms with Gasteiger partial charge in [-0.15, -0.1) is 0 Å². The highest BCUT2D eigenvalue weighted by molar-refractivity contribution is 6.05. The van der Waals surface area contributed by atoms with E-state index in [2.05, 4.69) is 25.6 Å². The van der Waals surface area contributed by atoms with Gasteiger partial charge < -0.3 is 14.7 Å². The Labute approximate surface area is 159 Å². The average molecular weight is 383 g/mol. The quantitative estimate of drug-likeness (QED) is 0.668. The highest BCUT2D eigenvalue weighted by Gasteiger charge is 2.39. The molecular formula is C18H17N5O5. The van der Waals surface area contributed by atoms with E-state index in [4.69, 9.17) is 0 Å². The summed E-state index contributed by atoms with van der Waals surface area (Å²) >= 11 is 0. The summed E-state index contributed by atoms with van der Waals surface area (Å²) < 4.78 is 4.63. The van der Waals surface area contributed by atoms with Crippen molar-refractivity contribution in [3.63, 3.8) is 0 Å². The van der Waals surface area contributed by atoms with E-state index >= 15 is 0 Å². The first-order valence-electron chi connectivity index (χ1n) is 8.73. The molecule has 0 bridgehead atoms. The van der Waals surface area contributed by atoms with Gasteiger partial charge in [0.05, 0.1) is 0 Å². The van der Waals surface area contributed by atoms with Gasteiger partial charge in [0, 0.05) is 31.1 Å². The van der Waals surface area contributed by atoms with E-state index in [1.807, 2.05) is 12.1 Å². The molecule has 1 saturated heterocycles. The van der Waals surface area contributed by atoms with Crippen LogP contribution in [-0.4, -0.2) is 39.9 Å². The summed E-state index contributed by atoms with van der Waals surface area (Å²) in [5, 5.41) is 11.0. The Bertz CT molecular complexity index is 955. The summed E-state index contributed by atoms with van der Waals surface area (Å²) in [5.41, 5.74) is 2.05. The molecule has 1 fully saturated rings. The molecule has 5 amide bonds. The van der Waals surface area contributed by atoms with Crippen LogP contribution >= 0.6 is 0 Å². The zero-order valence-electron chi connectivity index (χ0n) is 14.7. The lowest BCUT2D eigenvalue weighted by Crippen LogP contribution is -2.52. The topological polar surface area (TPSA) is 134 Å². The van der Waals surface area contributed by atoms with Crippen LogP contribution in [0.4, 0.5) is 10.6 Å². The molecule has 2 aliphatic rings. The average Bonchev–Trinajstić information content (AvgIpc) is 3.28. The largest absolute Gasteiger partial charge is 0.363 e. The molecule has 0 radical (unpaired) electrons. The fourth-order valence-corrected chi connectivity index (χ4v) is 3.33. The number of nitrogens with zero attached hydrogens (tertiary/aromatic N) is 2. The summed E-state index contributed by atoms with van der Waals surface area (Å²) in [5.74, 6) is -0.716. The Balaban J connectivity index is 1.40. The highest BCUT2D eigenvalue weighted by atomic mass is 16.5. The maximum atomic E-state index is 12.8. The third kappa shape index (κ3) is 3.43. The third-order valence-corrected chi connectivity index (χ3v) is 4.73. The summed E-state index contributed by atoms with van der Waals surface area (Å²) in [4.78, 5) is 49.5. The zero-order chi connectivity index (χ0) is 19.7. The number of piperidine rings is 1. The molecular weight excluding hydrogens is 366 g/mol. The van der Waals surface area contributed by atoms with Crippen molar-refractivity contribution in [3.8, 4) is 0 Å². The molecule has 28 heavy (non-hydrogen) atoms. The molecule has 10 nitrogen and oxygen atoms in total. The Hall–Kier alpha value is -3.69. The molecule has 3 heterocycles. The van der Waals surface area contributed by atoms with Crippen molar-refractivity contribution in [2.45, 2.75) is 32.0 Å². The van der Waals surface area contributed by atoms with Crippen molar-refractivity contribution in [3.05, 3.63) is 47.2 Å². The van der Waals surface area contributed by atoms with Gasteiger partial charge in [-0.25, -0.2) is 4.79 Å². The maximum absolute atomic E-state index is 12.8. The Morgan fingerprint density at radius 1 is 1.29 bits per heavy atom. The number of benzene rings is 1. The van der Waals surface area contributed by atoms with E-state index in [0.29, 0.717) is 24.3 Å². The zero-order valence-corrected chi connectivity index (χ0v) is 14.7. The van der Waals surface area contributed by atoms with Crippen molar-refractivity contribution in [1.29, 1.82) is 0 Å². The van der Waals surface area contributed by atoms with E-state index in [1.165, 1.54) is 17.2 Å². The van der Waals surface area contributed by atoms with Gasteiger partial charge in [0.2, 0.25) is 11.8 Å². The molecule has 1 unspecified atom stereocenters. The second-order valence-electron chi connectivity index (χ2n) is 6.58. The molecule has 2 aliphatic heterocycles. The van der Waals surface area contributed by atoms with E-state index in [-0.39, 0.29) is 24.8 Å². The van der Waals surface area contributed by atoms with Crippen LogP contribution in [0.1, 0.15) is 34.3 Å². The lowest BCUT2D eigenvalue weighted by molar-refractivity contribution is -0.136. The standard InChI is InChI=1S/C18H17N5O5/c24-15-4-3-13(16(25)21-15)23-9-11-2-1-10(7-12(11)17(23)26)8-19-18(27)20-14-5-6-28-22-14/h1-2,5-7,13H,3-4,8-9H2,(H,21,24,25)(H2,19,20,22,27). The number of amides is 5. The summed E-state index contributed by atoms with van der Waals surface area (Å²) in [7, 11) is 0. The molecule has 10 heteroatoms. The molecule has 1 aromatic carbocycles. The van der Waals surface area contributed by atoms with Gasteiger partial charge >= 0.3 is 6.03 Å². The van der Waals surface area contributed by atoms with Crippen LogP contribution < -0.4 is 16.0 Å². The van der Waals surface area contributed by atoms with E-state index in [9.17, 15) is 19.2 Å². The molecule has 1 aromatic heterocycles. The van der Waals surface area contributed by atoms with Gasteiger partial charge in [-0.3, -0.25) is 25.0 Å². The lowest BCUT2D eigenvalue weighted by Gasteiger charge is -2.29. The Kier molecular flexibility index (Phi) is 4.52.